The highest BCUT2D eigenvalue weighted by Crippen LogP contribution is 2.37. The molecular weight excluding hydrogens is 308 g/mol. The van der Waals surface area contributed by atoms with Gasteiger partial charge in [0, 0.05) is 17.3 Å². The van der Waals surface area contributed by atoms with Gasteiger partial charge in [0.05, 0.1) is 11.4 Å². The van der Waals surface area contributed by atoms with E-state index in [0.717, 1.165) is 16.9 Å². The second kappa shape index (κ2) is 5.40. The third-order valence-corrected chi connectivity index (χ3v) is 4.87. The number of nitrogens with one attached hydrogen (secondary N) is 3. The lowest BCUT2D eigenvalue weighted by Crippen LogP contribution is -2.59. The Balaban J connectivity index is 1.63. The Morgan fingerprint density at radius 1 is 1.04 bits per heavy atom. The van der Waals surface area contributed by atoms with Crippen molar-refractivity contribution in [2.45, 2.75) is 6.17 Å². The third-order valence-electron chi connectivity index (χ3n) is 4.87. The molecule has 4 nitrogen and oxygen atoms in total. The van der Waals surface area contributed by atoms with Crippen LogP contribution in [0.4, 0.5) is 5.69 Å². The van der Waals surface area contributed by atoms with E-state index in [-0.39, 0.29) is 6.17 Å². The molecule has 0 bridgehead atoms. The van der Waals surface area contributed by atoms with Gasteiger partial charge in [-0.2, -0.15) is 0 Å². The van der Waals surface area contributed by atoms with Crippen LogP contribution in [0.1, 0.15) is 16.7 Å². The van der Waals surface area contributed by atoms with Crippen molar-refractivity contribution in [3.63, 3.8) is 0 Å². The molecule has 0 spiro atoms. The van der Waals surface area contributed by atoms with E-state index in [0.29, 0.717) is 0 Å². The van der Waals surface area contributed by atoms with Gasteiger partial charge in [0.2, 0.25) is 0 Å². The predicted octanol–water partition coefficient (Wildman–Crippen LogP) is 3.41. The van der Waals surface area contributed by atoms with Crippen molar-refractivity contribution in [1.82, 2.24) is 16.3 Å². The second-order valence-electron chi connectivity index (χ2n) is 6.28. The molecule has 2 aromatic rings. The minimum Gasteiger partial charge on any atom is -0.366 e. The molecule has 122 valence electrons. The van der Waals surface area contributed by atoms with Gasteiger partial charge in [0.1, 0.15) is 6.17 Å². The van der Waals surface area contributed by atoms with Gasteiger partial charge in [-0.1, -0.05) is 61.2 Å². The van der Waals surface area contributed by atoms with Crippen molar-refractivity contribution in [3.8, 4) is 0 Å². The van der Waals surface area contributed by atoms with Gasteiger partial charge in [-0.25, -0.2) is 0 Å². The number of benzene rings is 2. The maximum atomic E-state index is 3.87. The van der Waals surface area contributed by atoms with Crippen LogP contribution in [0.25, 0.3) is 17.8 Å². The highest BCUT2D eigenvalue weighted by Gasteiger charge is 2.36. The average Bonchev–Trinajstić information content (AvgIpc) is 3.02. The summed E-state index contributed by atoms with van der Waals surface area (Å²) in [6.07, 6.45) is 8.33. The monoisotopic (exact) mass is 326 g/mol. The van der Waals surface area contributed by atoms with Crippen molar-refractivity contribution in [2.24, 2.45) is 0 Å². The zero-order valence-corrected chi connectivity index (χ0v) is 13.7. The summed E-state index contributed by atoms with van der Waals surface area (Å²) in [5, 5.41) is 5.61. The molecule has 2 aliphatic heterocycles. The van der Waals surface area contributed by atoms with E-state index in [1.807, 2.05) is 12.1 Å². The van der Waals surface area contributed by atoms with E-state index < -0.39 is 0 Å². The molecule has 0 radical (unpaired) electrons. The third kappa shape index (κ3) is 2.12. The summed E-state index contributed by atoms with van der Waals surface area (Å²) in [4.78, 5) is 0. The molecular formula is C21H18N4. The first-order valence-electron chi connectivity index (χ1n) is 8.37. The van der Waals surface area contributed by atoms with E-state index in [1.165, 1.54) is 22.3 Å². The number of fused-ring (bicyclic) bond motifs is 2. The second-order valence-corrected chi connectivity index (χ2v) is 6.28. The van der Waals surface area contributed by atoms with Gasteiger partial charge in [-0.15, -0.1) is 5.53 Å². The fraction of sp³-hybridized carbons (Fsp3) is 0.0476. The van der Waals surface area contributed by atoms with Crippen molar-refractivity contribution in [2.75, 3.05) is 5.01 Å². The largest absolute Gasteiger partial charge is 0.366 e. The van der Waals surface area contributed by atoms with Crippen LogP contribution >= 0.6 is 0 Å². The van der Waals surface area contributed by atoms with Crippen LogP contribution in [0, 0.1) is 0 Å². The summed E-state index contributed by atoms with van der Waals surface area (Å²) in [6, 6.07) is 16.8. The smallest absolute Gasteiger partial charge is 0.144 e. The molecule has 0 saturated carbocycles. The first-order chi connectivity index (χ1) is 12.3. The highest BCUT2D eigenvalue weighted by molar-refractivity contribution is 5.85. The van der Waals surface area contributed by atoms with Gasteiger partial charge in [-0.05, 0) is 28.8 Å². The first-order valence-corrected chi connectivity index (χ1v) is 8.37. The van der Waals surface area contributed by atoms with E-state index in [2.05, 4.69) is 88.7 Å². The van der Waals surface area contributed by atoms with Crippen LogP contribution in [0.15, 0.2) is 78.5 Å². The molecule has 1 atom stereocenters. The summed E-state index contributed by atoms with van der Waals surface area (Å²) >= 11 is 0. The number of rotatable bonds is 2. The molecule has 1 aliphatic carbocycles. The fourth-order valence-electron chi connectivity index (χ4n) is 3.64. The number of allylic oxidation sites excluding steroid dienone is 1. The summed E-state index contributed by atoms with van der Waals surface area (Å²) in [5.74, 6) is 0. The maximum absolute atomic E-state index is 3.87. The molecule has 3 N–H and O–H groups in total. The van der Waals surface area contributed by atoms with Crippen molar-refractivity contribution in [3.05, 3.63) is 95.2 Å². The molecule has 0 saturated heterocycles. The number of hydrogen-bond acceptors (Lipinski definition) is 4. The molecule has 2 aromatic carbocycles. The van der Waals surface area contributed by atoms with Crippen molar-refractivity contribution < 1.29 is 0 Å². The standard InChI is InChI=1S/C21H18N4/c1-2-14-6-5-8-17(12-14)25-21-19-16(13-22-21)11-10-15-7-3-4-9-18(15)20(19)23-24-25/h2-13,21-24H,1H2. The average molecular weight is 326 g/mol. The Hall–Kier alpha value is -3.24. The van der Waals surface area contributed by atoms with Gasteiger partial charge in [0.15, 0.2) is 0 Å². The molecule has 25 heavy (non-hydrogen) atoms. The zero-order chi connectivity index (χ0) is 16.8. The Morgan fingerprint density at radius 2 is 1.96 bits per heavy atom. The quantitative estimate of drug-likeness (QED) is 0.791. The summed E-state index contributed by atoms with van der Waals surface area (Å²) in [7, 11) is 0. The molecule has 4 heteroatoms. The van der Waals surface area contributed by atoms with Crippen molar-refractivity contribution >= 4 is 23.5 Å². The number of hydrogen-bond donors (Lipinski definition) is 3. The van der Waals surface area contributed by atoms with Crippen LogP contribution in [0.5, 0.6) is 0 Å². The molecule has 0 aromatic heterocycles. The van der Waals surface area contributed by atoms with Crippen LogP contribution in [0.2, 0.25) is 0 Å². The van der Waals surface area contributed by atoms with Crippen LogP contribution in [0.3, 0.4) is 0 Å². The lowest BCUT2D eigenvalue weighted by Gasteiger charge is -2.38. The Bertz CT molecular complexity index is 967. The Morgan fingerprint density at radius 3 is 2.88 bits per heavy atom. The van der Waals surface area contributed by atoms with Crippen LogP contribution in [-0.2, 0) is 0 Å². The van der Waals surface area contributed by atoms with E-state index in [4.69, 9.17) is 0 Å². The minimum atomic E-state index is 0.0297. The number of nitrogens with zero attached hydrogens (tertiary/aromatic N) is 1. The van der Waals surface area contributed by atoms with Crippen LogP contribution < -0.4 is 21.3 Å². The Labute approximate surface area is 146 Å². The first kappa shape index (κ1) is 14.1. The summed E-state index contributed by atoms with van der Waals surface area (Å²) < 4.78 is 0. The van der Waals surface area contributed by atoms with Gasteiger partial charge >= 0.3 is 0 Å². The lowest BCUT2D eigenvalue weighted by atomic mass is 9.99. The molecule has 0 fully saturated rings. The minimum absolute atomic E-state index is 0.0297. The van der Waals surface area contributed by atoms with Crippen molar-refractivity contribution in [1.29, 1.82) is 0 Å². The maximum Gasteiger partial charge on any atom is 0.144 e. The van der Waals surface area contributed by atoms with Gasteiger partial charge < -0.3 is 10.7 Å². The molecule has 1 unspecified atom stereocenters. The molecule has 2 heterocycles. The fourth-order valence-corrected chi connectivity index (χ4v) is 3.64. The predicted molar refractivity (Wildman–Crippen MR) is 103 cm³/mol. The van der Waals surface area contributed by atoms with Gasteiger partial charge in [0.25, 0.3) is 0 Å². The topological polar surface area (TPSA) is 39.3 Å². The van der Waals surface area contributed by atoms with E-state index >= 15 is 0 Å². The Kier molecular flexibility index (Phi) is 3.05. The lowest BCUT2D eigenvalue weighted by molar-refractivity contribution is 0.483. The summed E-state index contributed by atoms with van der Waals surface area (Å²) in [6.45, 7) is 3.87. The number of anilines is 1. The van der Waals surface area contributed by atoms with E-state index in [1.54, 1.807) is 0 Å². The highest BCUT2D eigenvalue weighted by atomic mass is 15.7. The normalized spacial score (nSPS) is 20.1. The summed E-state index contributed by atoms with van der Waals surface area (Å²) in [5.41, 5.74) is 14.9. The zero-order valence-electron chi connectivity index (χ0n) is 13.7. The SMILES string of the molecule is C=Cc1cccc(N2NNC3=C4C(=CNC42)C=Cc2ccccc23)c1. The number of hydrazine groups is 2. The molecule has 3 aliphatic rings. The molecule has 5 rings (SSSR count). The molecule has 0 amide bonds. The van der Waals surface area contributed by atoms with Gasteiger partial charge in [-0.3, -0.25) is 5.01 Å². The van der Waals surface area contributed by atoms with Crippen LogP contribution in [-0.4, -0.2) is 6.17 Å². The van der Waals surface area contributed by atoms with E-state index in [9.17, 15) is 0 Å².